The first kappa shape index (κ1) is 9.71. The molecule has 3 nitrogen and oxygen atoms in total. The summed E-state index contributed by atoms with van der Waals surface area (Å²) in [5, 5.41) is 4.54. The molecule has 1 fully saturated rings. The van der Waals surface area contributed by atoms with Crippen LogP contribution in [0, 0.1) is 5.92 Å². The number of aromatic nitrogens is 2. The third kappa shape index (κ3) is 1.69. The zero-order valence-corrected chi connectivity index (χ0v) is 9.03. The Bertz CT molecular complexity index is 310. The highest BCUT2D eigenvalue weighted by Crippen LogP contribution is 2.37. The Balaban J connectivity index is 2.09. The average Bonchev–Trinajstić information content (AvgIpc) is 2.47. The smallest absolute Gasteiger partial charge is 0.0823 e. The van der Waals surface area contributed by atoms with E-state index in [1.807, 2.05) is 10.9 Å². The van der Waals surface area contributed by atoms with Crippen molar-refractivity contribution in [3.05, 3.63) is 18.0 Å². The lowest BCUT2D eigenvalue weighted by Crippen LogP contribution is -2.43. The van der Waals surface area contributed by atoms with Gasteiger partial charge in [0.1, 0.15) is 0 Å². The molecular formula is C11H19N3. The minimum absolute atomic E-state index is 0.109. The molecule has 0 saturated heterocycles. The van der Waals surface area contributed by atoms with Crippen LogP contribution in [0.5, 0.6) is 0 Å². The van der Waals surface area contributed by atoms with E-state index in [4.69, 9.17) is 5.73 Å². The Morgan fingerprint density at radius 3 is 2.79 bits per heavy atom. The first-order chi connectivity index (χ1) is 6.60. The molecular weight excluding hydrogens is 174 g/mol. The maximum atomic E-state index is 6.19. The summed E-state index contributed by atoms with van der Waals surface area (Å²) in [5.41, 5.74) is 7.16. The van der Waals surface area contributed by atoms with Gasteiger partial charge in [-0.2, -0.15) is 5.10 Å². The molecule has 78 valence electrons. The molecule has 0 bridgehead atoms. The van der Waals surface area contributed by atoms with Crippen LogP contribution in [0.25, 0.3) is 0 Å². The minimum atomic E-state index is -0.109. The van der Waals surface area contributed by atoms with Crippen LogP contribution < -0.4 is 5.73 Å². The van der Waals surface area contributed by atoms with Crippen molar-refractivity contribution in [1.29, 1.82) is 0 Å². The molecule has 1 aliphatic carbocycles. The lowest BCUT2D eigenvalue weighted by molar-refractivity contribution is 0.243. The molecule has 3 heteroatoms. The van der Waals surface area contributed by atoms with E-state index in [0.717, 1.165) is 25.1 Å². The maximum Gasteiger partial charge on any atom is 0.0823 e. The molecule has 0 spiro atoms. The molecule has 0 unspecified atom stereocenters. The summed E-state index contributed by atoms with van der Waals surface area (Å²) in [6.45, 7) is 5.38. The minimum Gasteiger partial charge on any atom is -0.320 e. The van der Waals surface area contributed by atoms with Gasteiger partial charge in [-0.15, -0.1) is 0 Å². The van der Waals surface area contributed by atoms with Gasteiger partial charge in [-0.1, -0.05) is 13.8 Å². The van der Waals surface area contributed by atoms with E-state index in [0.29, 0.717) is 5.92 Å². The van der Waals surface area contributed by atoms with Gasteiger partial charge in [-0.25, -0.2) is 0 Å². The Morgan fingerprint density at radius 1 is 1.57 bits per heavy atom. The lowest BCUT2D eigenvalue weighted by Gasteiger charge is -2.36. The van der Waals surface area contributed by atoms with Gasteiger partial charge in [0.2, 0.25) is 0 Å². The second kappa shape index (κ2) is 3.39. The van der Waals surface area contributed by atoms with E-state index >= 15 is 0 Å². The van der Waals surface area contributed by atoms with Gasteiger partial charge >= 0.3 is 0 Å². The van der Waals surface area contributed by atoms with Crippen molar-refractivity contribution in [2.24, 2.45) is 11.7 Å². The van der Waals surface area contributed by atoms with Crippen molar-refractivity contribution in [2.45, 2.75) is 45.2 Å². The second-order valence-electron chi connectivity index (χ2n) is 4.83. The molecule has 0 aromatic carbocycles. The van der Waals surface area contributed by atoms with Crippen molar-refractivity contribution >= 4 is 0 Å². The standard InChI is InChI=1S/C11H19N3/c1-9(2)8-14-7-4-10(13-14)11(12)5-3-6-11/h4,7,9H,3,5-6,8,12H2,1-2H3. The molecule has 1 saturated carbocycles. The molecule has 14 heavy (non-hydrogen) atoms. The van der Waals surface area contributed by atoms with E-state index in [1.165, 1.54) is 6.42 Å². The normalized spacial score (nSPS) is 19.7. The summed E-state index contributed by atoms with van der Waals surface area (Å²) in [7, 11) is 0. The lowest BCUT2D eigenvalue weighted by atomic mass is 9.75. The third-order valence-electron chi connectivity index (χ3n) is 2.95. The van der Waals surface area contributed by atoms with E-state index in [-0.39, 0.29) is 5.54 Å². The van der Waals surface area contributed by atoms with Gasteiger partial charge in [0.15, 0.2) is 0 Å². The van der Waals surface area contributed by atoms with E-state index < -0.39 is 0 Å². The van der Waals surface area contributed by atoms with Crippen LogP contribution in [0.1, 0.15) is 38.8 Å². The van der Waals surface area contributed by atoms with Crippen molar-refractivity contribution in [3.8, 4) is 0 Å². The van der Waals surface area contributed by atoms with Gasteiger partial charge in [0.25, 0.3) is 0 Å². The summed E-state index contributed by atoms with van der Waals surface area (Å²) < 4.78 is 2.01. The highest BCUT2D eigenvalue weighted by atomic mass is 15.3. The largest absolute Gasteiger partial charge is 0.320 e. The van der Waals surface area contributed by atoms with Gasteiger partial charge < -0.3 is 5.73 Å². The van der Waals surface area contributed by atoms with Gasteiger partial charge in [0.05, 0.1) is 11.2 Å². The molecule has 2 N–H and O–H groups in total. The molecule has 0 aliphatic heterocycles. The Kier molecular flexibility index (Phi) is 2.35. The van der Waals surface area contributed by atoms with Crippen LogP contribution in [-0.4, -0.2) is 9.78 Å². The van der Waals surface area contributed by atoms with Crippen molar-refractivity contribution in [1.82, 2.24) is 9.78 Å². The number of nitrogens with zero attached hydrogens (tertiary/aromatic N) is 2. The molecule has 0 amide bonds. The van der Waals surface area contributed by atoms with Crippen molar-refractivity contribution in [2.75, 3.05) is 0 Å². The topological polar surface area (TPSA) is 43.8 Å². The summed E-state index contributed by atoms with van der Waals surface area (Å²) in [5.74, 6) is 0.637. The number of rotatable bonds is 3. The summed E-state index contributed by atoms with van der Waals surface area (Å²) in [6, 6.07) is 2.07. The summed E-state index contributed by atoms with van der Waals surface area (Å²) >= 11 is 0. The molecule has 1 aromatic heterocycles. The molecule has 2 rings (SSSR count). The number of hydrogen-bond acceptors (Lipinski definition) is 2. The van der Waals surface area contributed by atoms with Crippen LogP contribution in [0.3, 0.4) is 0 Å². The fraction of sp³-hybridized carbons (Fsp3) is 0.727. The molecule has 0 atom stereocenters. The zero-order valence-electron chi connectivity index (χ0n) is 9.03. The van der Waals surface area contributed by atoms with Crippen LogP contribution in [0.4, 0.5) is 0 Å². The monoisotopic (exact) mass is 193 g/mol. The summed E-state index contributed by atoms with van der Waals surface area (Å²) in [6.07, 6.45) is 5.47. The average molecular weight is 193 g/mol. The van der Waals surface area contributed by atoms with Crippen LogP contribution in [0.2, 0.25) is 0 Å². The van der Waals surface area contributed by atoms with Crippen LogP contribution in [0.15, 0.2) is 12.3 Å². The highest BCUT2D eigenvalue weighted by Gasteiger charge is 2.36. The fourth-order valence-corrected chi connectivity index (χ4v) is 1.92. The quantitative estimate of drug-likeness (QED) is 0.796. The van der Waals surface area contributed by atoms with Gasteiger partial charge in [-0.3, -0.25) is 4.68 Å². The van der Waals surface area contributed by atoms with Gasteiger partial charge in [0, 0.05) is 12.7 Å². The van der Waals surface area contributed by atoms with E-state index in [9.17, 15) is 0 Å². The Hall–Kier alpha value is -0.830. The number of nitrogens with two attached hydrogens (primary N) is 1. The molecule has 1 aromatic rings. The number of hydrogen-bond donors (Lipinski definition) is 1. The SMILES string of the molecule is CC(C)Cn1ccc(C2(N)CCC2)n1. The molecule has 0 radical (unpaired) electrons. The van der Waals surface area contributed by atoms with E-state index in [2.05, 4.69) is 25.0 Å². The molecule has 1 heterocycles. The van der Waals surface area contributed by atoms with Crippen LogP contribution in [-0.2, 0) is 12.1 Å². The first-order valence-electron chi connectivity index (χ1n) is 5.43. The maximum absolute atomic E-state index is 6.19. The predicted molar refractivity (Wildman–Crippen MR) is 56.8 cm³/mol. The zero-order chi connectivity index (χ0) is 10.2. The second-order valence-corrected chi connectivity index (χ2v) is 4.83. The van der Waals surface area contributed by atoms with Crippen molar-refractivity contribution < 1.29 is 0 Å². The Labute approximate surface area is 85.3 Å². The third-order valence-corrected chi connectivity index (χ3v) is 2.95. The first-order valence-corrected chi connectivity index (χ1v) is 5.43. The van der Waals surface area contributed by atoms with E-state index in [1.54, 1.807) is 0 Å². The van der Waals surface area contributed by atoms with Gasteiger partial charge in [-0.05, 0) is 31.2 Å². The summed E-state index contributed by atoms with van der Waals surface area (Å²) in [4.78, 5) is 0. The fourth-order valence-electron chi connectivity index (χ4n) is 1.92. The highest BCUT2D eigenvalue weighted by molar-refractivity contribution is 5.16. The Morgan fingerprint density at radius 2 is 2.29 bits per heavy atom. The van der Waals surface area contributed by atoms with Crippen LogP contribution >= 0.6 is 0 Å². The predicted octanol–water partition coefficient (Wildman–Crippen LogP) is 1.88. The molecule has 1 aliphatic rings. The van der Waals surface area contributed by atoms with Crippen molar-refractivity contribution in [3.63, 3.8) is 0 Å².